The summed E-state index contributed by atoms with van der Waals surface area (Å²) < 4.78 is 43.9. The minimum atomic E-state index is -2.95. The van der Waals surface area contributed by atoms with Crippen LogP contribution in [0.25, 0.3) is 0 Å². The Bertz CT molecular complexity index is 1300. The molecule has 1 aromatic carbocycles. The second-order valence-electron chi connectivity index (χ2n) is 7.75. The molecule has 1 aromatic heterocycles. The Kier molecular flexibility index (Phi) is 7.40. The summed E-state index contributed by atoms with van der Waals surface area (Å²) in [4.78, 5) is 35.7. The largest absolute Gasteiger partial charge is 0.447 e. The summed E-state index contributed by atoms with van der Waals surface area (Å²) in [5.74, 6) is -0.277. The predicted molar refractivity (Wildman–Crippen MR) is 128 cm³/mol. The number of amidine groups is 1. The molecule has 2 aliphatic heterocycles. The lowest BCUT2D eigenvalue weighted by atomic mass is 9.87. The van der Waals surface area contributed by atoms with E-state index in [9.17, 15) is 22.8 Å². The summed E-state index contributed by atoms with van der Waals surface area (Å²) in [6, 6.07) is 2.76. The Hall–Kier alpha value is -3.71. The number of nitrogens with one attached hydrogen (secondary N) is 2. The molecule has 2 atom stereocenters. The van der Waals surface area contributed by atoms with Crippen LogP contribution in [0.15, 0.2) is 62.8 Å². The second-order valence-corrected chi connectivity index (χ2v) is 9.05. The maximum Gasteiger partial charge on any atom is 0.408 e. The number of nitrogens with two attached hydrogens (primary N) is 1. The zero-order valence-corrected chi connectivity index (χ0v) is 19.8. The lowest BCUT2D eigenvalue weighted by Gasteiger charge is -2.31. The predicted octanol–water partition coefficient (Wildman–Crippen LogP) is 3.48. The number of benzene rings is 1. The van der Waals surface area contributed by atoms with Gasteiger partial charge in [0.1, 0.15) is 30.3 Å². The van der Waals surface area contributed by atoms with Crippen LogP contribution in [0.2, 0.25) is 5.02 Å². The molecule has 0 saturated carbocycles. The van der Waals surface area contributed by atoms with E-state index in [1.165, 1.54) is 23.5 Å². The monoisotopic (exact) mass is 538 g/mol. The first-order valence-electron chi connectivity index (χ1n) is 10.3. The average Bonchev–Trinajstić information content (AvgIpc) is 3.49. The molecule has 2 aromatic rings. The summed E-state index contributed by atoms with van der Waals surface area (Å²) in [6.07, 6.45) is 3.18. The molecule has 3 heterocycles. The lowest BCUT2D eigenvalue weighted by Crippen LogP contribution is -2.48. The van der Waals surface area contributed by atoms with Crippen molar-refractivity contribution in [3.05, 3.63) is 74.2 Å². The van der Waals surface area contributed by atoms with Gasteiger partial charge in [-0.3, -0.25) is 4.99 Å². The third kappa shape index (κ3) is 5.41. The number of rotatable bonds is 8. The average molecular weight is 539 g/mol. The molecule has 1 saturated heterocycles. The normalized spacial score (nSPS) is 22.5. The molecule has 2 aliphatic rings. The molecular formula is C22H18ClF3N6O3S. The van der Waals surface area contributed by atoms with Crippen molar-refractivity contribution < 1.29 is 27.5 Å². The number of nitrogens with zero attached hydrogens (tertiary/aromatic N) is 3. The van der Waals surface area contributed by atoms with Gasteiger partial charge >= 0.3 is 12.6 Å². The van der Waals surface area contributed by atoms with Crippen molar-refractivity contribution in [2.24, 2.45) is 15.7 Å². The Labute approximate surface area is 211 Å². The van der Waals surface area contributed by atoms with Crippen molar-refractivity contribution in [2.45, 2.75) is 24.6 Å². The smallest absolute Gasteiger partial charge is 0.408 e. The van der Waals surface area contributed by atoms with Crippen molar-refractivity contribution in [1.82, 2.24) is 15.6 Å². The van der Waals surface area contributed by atoms with E-state index < -0.39 is 30.0 Å². The highest BCUT2D eigenvalue weighted by Gasteiger charge is 2.42. The molecule has 14 heteroatoms. The number of ether oxygens (including phenoxy) is 1. The minimum absolute atomic E-state index is 0.0273. The first-order valence-corrected chi connectivity index (χ1v) is 11.6. The number of carbonyl (C=O) groups excluding carboxylic acids is 2. The fourth-order valence-corrected chi connectivity index (χ4v) is 4.59. The molecule has 0 radical (unpaired) electrons. The van der Waals surface area contributed by atoms with Crippen molar-refractivity contribution >= 4 is 47.4 Å². The number of allylic oxidation sites excluding steroid dienone is 1. The molecule has 0 aliphatic carbocycles. The number of hydrogen-bond donors (Lipinski definition) is 3. The van der Waals surface area contributed by atoms with Crippen LogP contribution < -0.4 is 16.4 Å². The van der Waals surface area contributed by atoms with E-state index in [2.05, 4.69) is 25.6 Å². The maximum atomic E-state index is 13.8. The summed E-state index contributed by atoms with van der Waals surface area (Å²) in [5.41, 5.74) is 5.77. The minimum Gasteiger partial charge on any atom is -0.447 e. The Balaban J connectivity index is 1.90. The van der Waals surface area contributed by atoms with Gasteiger partial charge in [0.15, 0.2) is 10.8 Å². The zero-order valence-electron chi connectivity index (χ0n) is 18.3. The number of cyclic esters (lactones) is 1. The van der Waals surface area contributed by atoms with Gasteiger partial charge in [0.2, 0.25) is 0 Å². The third-order valence-electron chi connectivity index (χ3n) is 5.31. The Morgan fingerprint density at radius 1 is 1.44 bits per heavy atom. The van der Waals surface area contributed by atoms with E-state index in [0.29, 0.717) is 28.4 Å². The molecule has 9 nitrogen and oxygen atoms in total. The van der Waals surface area contributed by atoms with Crippen LogP contribution in [-0.4, -0.2) is 48.1 Å². The fourth-order valence-electron chi connectivity index (χ4n) is 3.73. The number of aliphatic imine (C=N–C) groups is 2. The molecular weight excluding hydrogens is 521 g/mol. The Morgan fingerprint density at radius 2 is 2.25 bits per heavy atom. The van der Waals surface area contributed by atoms with Crippen molar-refractivity contribution in [3.8, 4) is 0 Å². The highest BCUT2D eigenvalue weighted by Crippen LogP contribution is 2.40. The third-order valence-corrected chi connectivity index (χ3v) is 6.42. The van der Waals surface area contributed by atoms with E-state index in [4.69, 9.17) is 22.1 Å². The molecule has 1 amide bonds. The second kappa shape index (κ2) is 10.5. The van der Waals surface area contributed by atoms with Crippen LogP contribution in [-0.2, 0) is 9.53 Å². The topological polar surface area (TPSA) is 131 Å². The van der Waals surface area contributed by atoms with Crippen LogP contribution in [0.4, 0.5) is 18.0 Å². The molecule has 0 bridgehead atoms. The molecule has 4 rings (SSSR count). The van der Waals surface area contributed by atoms with E-state index in [0.717, 1.165) is 18.4 Å². The fraction of sp³-hybridized carbons (Fsp3) is 0.227. The molecule has 0 spiro atoms. The number of thiazole rings is 1. The van der Waals surface area contributed by atoms with E-state index in [-0.39, 0.29) is 29.3 Å². The van der Waals surface area contributed by atoms with Crippen LogP contribution in [0.1, 0.15) is 23.0 Å². The van der Waals surface area contributed by atoms with E-state index in [1.807, 2.05) is 0 Å². The van der Waals surface area contributed by atoms with E-state index >= 15 is 0 Å². The summed E-state index contributed by atoms with van der Waals surface area (Å²) in [7, 11) is 0. The standard InChI is InChI=1S/C22H18ClF3N6O3S/c23-13-7-11(24)1-2-12(13)17-16(14(27)3-4-29-20(25)26)15(8-22(9-33)10-35-21(34)32-22)30-18(31-17)19-28-5-6-36-19/h1-7,9,17,20H,8,10,27H2,(H,30,31)(H,32,34)/t17-,22-/m0/s1. The first-order chi connectivity index (χ1) is 17.2. The number of halogens is 4. The molecule has 1 fully saturated rings. The van der Waals surface area contributed by atoms with Crippen molar-refractivity contribution in [3.63, 3.8) is 0 Å². The SMILES string of the molecule is NC(=CC=NC(F)F)C1=C(C[C@]2(C=O)COC(=O)N2)NC(c2nccs2)=N[C@H]1c1ccc(F)cc1Cl. The number of alkyl carbamates (subject to hydrolysis) is 1. The van der Waals surface area contributed by atoms with Gasteiger partial charge in [0.05, 0.1) is 0 Å². The first kappa shape index (κ1) is 25.4. The van der Waals surface area contributed by atoms with Gasteiger partial charge in [0, 0.05) is 51.8 Å². The maximum absolute atomic E-state index is 13.8. The number of hydrogen-bond acceptors (Lipinski definition) is 9. The number of carbonyl (C=O) groups is 2. The molecule has 4 N–H and O–H groups in total. The quantitative estimate of drug-likeness (QED) is 0.268. The summed E-state index contributed by atoms with van der Waals surface area (Å²) in [6.45, 7) is -3.20. The Morgan fingerprint density at radius 3 is 2.86 bits per heavy atom. The summed E-state index contributed by atoms with van der Waals surface area (Å²) >= 11 is 7.63. The zero-order chi connectivity index (χ0) is 25.9. The van der Waals surface area contributed by atoms with Gasteiger partial charge in [-0.1, -0.05) is 17.7 Å². The van der Waals surface area contributed by atoms with Gasteiger partial charge in [-0.25, -0.2) is 19.2 Å². The number of aromatic nitrogens is 1. The van der Waals surface area contributed by atoms with Gasteiger partial charge in [0.25, 0.3) is 0 Å². The van der Waals surface area contributed by atoms with Crippen LogP contribution in [0.5, 0.6) is 0 Å². The highest BCUT2D eigenvalue weighted by atomic mass is 35.5. The van der Waals surface area contributed by atoms with Crippen molar-refractivity contribution in [2.75, 3.05) is 6.61 Å². The molecule has 0 unspecified atom stereocenters. The van der Waals surface area contributed by atoms with Gasteiger partial charge in [-0.2, -0.15) is 8.78 Å². The van der Waals surface area contributed by atoms with Crippen LogP contribution in [0, 0.1) is 5.82 Å². The van der Waals surface area contributed by atoms with Crippen molar-refractivity contribution in [1.29, 1.82) is 0 Å². The van der Waals surface area contributed by atoms with Gasteiger partial charge < -0.3 is 25.9 Å². The van der Waals surface area contributed by atoms with Crippen LogP contribution in [0.3, 0.4) is 0 Å². The number of aldehydes is 1. The lowest BCUT2D eigenvalue weighted by molar-refractivity contribution is -0.113. The number of amides is 1. The van der Waals surface area contributed by atoms with Crippen LogP contribution >= 0.6 is 22.9 Å². The summed E-state index contributed by atoms with van der Waals surface area (Å²) in [5, 5.41) is 7.84. The number of alkyl halides is 2. The van der Waals surface area contributed by atoms with E-state index in [1.54, 1.807) is 11.6 Å². The van der Waals surface area contributed by atoms with Gasteiger partial charge in [-0.05, 0) is 18.2 Å². The molecule has 188 valence electrons. The highest BCUT2D eigenvalue weighted by molar-refractivity contribution is 7.11. The van der Waals surface area contributed by atoms with Gasteiger partial charge in [-0.15, -0.1) is 11.3 Å². The molecule has 36 heavy (non-hydrogen) atoms.